The zero-order valence-corrected chi connectivity index (χ0v) is 16.0. The minimum Gasteiger partial charge on any atom is -0.480 e. The van der Waals surface area contributed by atoms with E-state index in [1.807, 2.05) is 0 Å². The average molecular weight is 328 g/mol. The quantitative estimate of drug-likeness (QED) is 0.326. The fraction of sp³-hybridized carbons (Fsp3) is 0.950. The highest BCUT2D eigenvalue weighted by atomic mass is 16.4. The molecule has 0 saturated carbocycles. The van der Waals surface area contributed by atoms with Crippen molar-refractivity contribution in [2.75, 3.05) is 7.05 Å². The molecule has 1 unspecified atom stereocenters. The van der Waals surface area contributed by atoms with E-state index in [9.17, 15) is 9.90 Å². The molecule has 0 spiro atoms. The zero-order chi connectivity index (χ0) is 17.4. The van der Waals surface area contributed by atoms with E-state index < -0.39 is 11.5 Å². The SMILES string of the molecule is CCCCCCCCCCCCCCCCC(C)(NC)C(=O)O. The largest absolute Gasteiger partial charge is 0.480 e. The van der Waals surface area contributed by atoms with Crippen LogP contribution in [-0.2, 0) is 4.79 Å². The lowest BCUT2D eigenvalue weighted by Gasteiger charge is -2.23. The van der Waals surface area contributed by atoms with Crippen LogP contribution in [0.1, 0.15) is 110 Å². The summed E-state index contributed by atoms with van der Waals surface area (Å²) in [5.74, 6) is -0.741. The molecule has 0 aromatic heterocycles. The summed E-state index contributed by atoms with van der Waals surface area (Å²) in [5, 5.41) is 12.1. The van der Waals surface area contributed by atoms with Crippen molar-refractivity contribution in [3.8, 4) is 0 Å². The van der Waals surface area contributed by atoms with Gasteiger partial charge in [0.1, 0.15) is 5.54 Å². The van der Waals surface area contributed by atoms with Crippen LogP contribution in [0, 0.1) is 0 Å². The molecule has 0 fully saturated rings. The lowest BCUT2D eigenvalue weighted by Crippen LogP contribution is -2.47. The molecule has 3 heteroatoms. The number of carboxylic acids is 1. The highest BCUT2D eigenvalue weighted by Crippen LogP contribution is 2.17. The van der Waals surface area contributed by atoms with E-state index in [1.165, 1.54) is 77.0 Å². The first-order valence-corrected chi connectivity index (χ1v) is 9.99. The van der Waals surface area contributed by atoms with Gasteiger partial charge < -0.3 is 10.4 Å². The van der Waals surface area contributed by atoms with Crippen molar-refractivity contribution in [2.45, 2.75) is 116 Å². The van der Waals surface area contributed by atoms with Gasteiger partial charge >= 0.3 is 5.97 Å². The zero-order valence-electron chi connectivity index (χ0n) is 16.0. The molecule has 0 aliphatic rings. The second kappa shape index (κ2) is 15.0. The maximum Gasteiger partial charge on any atom is 0.323 e. The molecular formula is C20H41NO2. The molecule has 0 aliphatic heterocycles. The molecule has 0 aliphatic carbocycles. The van der Waals surface area contributed by atoms with Crippen molar-refractivity contribution in [2.24, 2.45) is 0 Å². The van der Waals surface area contributed by atoms with Crippen LogP contribution in [0.3, 0.4) is 0 Å². The Bertz CT molecular complexity index is 281. The van der Waals surface area contributed by atoms with Crippen LogP contribution in [-0.4, -0.2) is 23.7 Å². The Labute approximate surface area is 144 Å². The number of carboxylic acid groups (broad SMARTS) is 1. The number of aliphatic carboxylic acids is 1. The predicted octanol–water partition coefficient (Wildman–Crippen LogP) is 5.92. The van der Waals surface area contributed by atoms with Gasteiger partial charge in [0.25, 0.3) is 0 Å². The smallest absolute Gasteiger partial charge is 0.323 e. The minimum absolute atomic E-state index is 0.719. The summed E-state index contributed by atoms with van der Waals surface area (Å²) in [5.41, 5.74) is -0.753. The standard InChI is InChI=1S/C20H41NO2/c1-4-5-6-7-8-9-10-11-12-13-14-15-16-17-18-20(2,21-3)19(22)23/h21H,4-18H2,1-3H3,(H,22,23). The van der Waals surface area contributed by atoms with E-state index in [0.717, 1.165) is 19.3 Å². The van der Waals surface area contributed by atoms with Gasteiger partial charge in [-0.15, -0.1) is 0 Å². The summed E-state index contributed by atoms with van der Waals surface area (Å²) in [7, 11) is 1.73. The van der Waals surface area contributed by atoms with E-state index in [-0.39, 0.29) is 0 Å². The molecule has 23 heavy (non-hydrogen) atoms. The number of rotatable bonds is 17. The van der Waals surface area contributed by atoms with Crippen LogP contribution in [0.15, 0.2) is 0 Å². The molecule has 0 radical (unpaired) electrons. The van der Waals surface area contributed by atoms with Gasteiger partial charge in [-0.2, -0.15) is 0 Å². The number of unbranched alkanes of at least 4 members (excludes halogenated alkanes) is 13. The van der Waals surface area contributed by atoms with Crippen LogP contribution in [0.4, 0.5) is 0 Å². The summed E-state index contributed by atoms with van der Waals surface area (Å²) in [6.45, 7) is 4.04. The Kier molecular flexibility index (Phi) is 14.6. The topological polar surface area (TPSA) is 49.3 Å². The van der Waals surface area contributed by atoms with Crippen LogP contribution in [0.2, 0.25) is 0 Å². The van der Waals surface area contributed by atoms with Crippen molar-refractivity contribution in [3.63, 3.8) is 0 Å². The van der Waals surface area contributed by atoms with Gasteiger partial charge in [-0.25, -0.2) is 0 Å². The maximum absolute atomic E-state index is 11.2. The molecule has 1 atom stereocenters. The Morgan fingerprint density at radius 2 is 1.13 bits per heavy atom. The number of likely N-dealkylation sites (N-methyl/N-ethyl adjacent to an activating group) is 1. The van der Waals surface area contributed by atoms with Crippen molar-refractivity contribution in [3.05, 3.63) is 0 Å². The predicted molar refractivity (Wildman–Crippen MR) is 100 cm³/mol. The first kappa shape index (κ1) is 22.4. The third kappa shape index (κ3) is 12.5. The van der Waals surface area contributed by atoms with Gasteiger partial charge in [0, 0.05) is 0 Å². The van der Waals surface area contributed by atoms with Crippen molar-refractivity contribution in [1.29, 1.82) is 0 Å². The van der Waals surface area contributed by atoms with Crippen molar-refractivity contribution < 1.29 is 9.90 Å². The van der Waals surface area contributed by atoms with E-state index in [1.54, 1.807) is 14.0 Å². The molecule has 3 nitrogen and oxygen atoms in total. The number of carbonyl (C=O) groups is 1. The molecule has 0 heterocycles. The lowest BCUT2D eigenvalue weighted by molar-refractivity contribution is -0.144. The first-order valence-electron chi connectivity index (χ1n) is 9.99. The van der Waals surface area contributed by atoms with Crippen LogP contribution < -0.4 is 5.32 Å². The molecule has 138 valence electrons. The molecule has 0 aromatic carbocycles. The highest BCUT2D eigenvalue weighted by Gasteiger charge is 2.29. The summed E-state index contributed by atoms with van der Waals surface area (Å²) in [6, 6.07) is 0. The van der Waals surface area contributed by atoms with Gasteiger partial charge in [0.15, 0.2) is 0 Å². The molecule has 0 saturated heterocycles. The van der Waals surface area contributed by atoms with E-state index in [4.69, 9.17) is 0 Å². The monoisotopic (exact) mass is 327 g/mol. The van der Waals surface area contributed by atoms with Crippen LogP contribution >= 0.6 is 0 Å². The molecule has 0 bridgehead atoms. The Morgan fingerprint density at radius 1 is 0.783 bits per heavy atom. The van der Waals surface area contributed by atoms with Gasteiger partial charge in [0.2, 0.25) is 0 Å². The fourth-order valence-electron chi connectivity index (χ4n) is 3.01. The third-order valence-corrected chi connectivity index (χ3v) is 5.05. The van der Waals surface area contributed by atoms with Crippen LogP contribution in [0.25, 0.3) is 0 Å². The van der Waals surface area contributed by atoms with Gasteiger partial charge in [-0.1, -0.05) is 96.8 Å². The highest BCUT2D eigenvalue weighted by molar-refractivity contribution is 5.78. The number of hydrogen-bond acceptors (Lipinski definition) is 2. The Balaban J connectivity index is 3.26. The average Bonchev–Trinajstić information content (AvgIpc) is 2.54. The van der Waals surface area contributed by atoms with Crippen molar-refractivity contribution >= 4 is 5.97 Å². The fourth-order valence-corrected chi connectivity index (χ4v) is 3.01. The van der Waals surface area contributed by atoms with E-state index in [0.29, 0.717) is 0 Å². The first-order chi connectivity index (χ1) is 11.1. The molecule has 0 aromatic rings. The van der Waals surface area contributed by atoms with Crippen molar-refractivity contribution in [1.82, 2.24) is 5.32 Å². The molecule has 2 N–H and O–H groups in total. The minimum atomic E-state index is -0.753. The van der Waals surface area contributed by atoms with Gasteiger partial charge in [-0.05, 0) is 20.4 Å². The summed E-state index contributed by atoms with van der Waals surface area (Å²) >= 11 is 0. The lowest BCUT2D eigenvalue weighted by atomic mass is 9.94. The van der Waals surface area contributed by atoms with E-state index in [2.05, 4.69) is 12.2 Å². The molecule has 0 amide bonds. The third-order valence-electron chi connectivity index (χ3n) is 5.05. The number of hydrogen-bond donors (Lipinski definition) is 2. The normalized spacial score (nSPS) is 13.9. The second-order valence-electron chi connectivity index (χ2n) is 7.23. The summed E-state index contributed by atoms with van der Waals surface area (Å²) < 4.78 is 0. The maximum atomic E-state index is 11.2. The molecular weight excluding hydrogens is 286 g/mol. The van der Waals surface area contributed by atoms with Crippen LogP contribution in [0.5, 0.6) is 0 Å². The summed E-state index contributed by atoms with van der Waals surface area (Å²) in [6.07, 6.45) is 19.4. The Morgan fingerprint density at radius 3 is 1.43 bits per heavy atom. The Hall–Kier alpha value is -0.570. The van der Waals surface area contributed by atoms with Gasteiger partial charge in [-0.3, -0.25) is 4.79 Å². The molecule has 0 rings (SSSR count). The summed E-state index contributed by atoms with van der Waals surface area (Å²) in [4.78, 5) is 11.2. The van der Waals surface area contributed by atoms with E-state index >= 15 is 0 Å². The van der Waals surface area contributed by atoms with Gasteiger partial charge in [0.05, 0.1) is 0 Å². The number of nitrogens with one attached hydrogen (secondary N) is 1. The second-order valence-corrected chi connectivity index (χ2v) is 7.23.